The first-order valence-corrected chi connectivity index (χ1v) is 14.7. The summed E-state index contributed by atoms with van der Waals surface area (Å²) in [5.74, 6) is 0. The van der Waals surface area contributed by atoms with Crippen LogP contribution in [-0.4, -0.2) is 24.3 Å². The van der Waals surface area contributed by atoms with Crippen molar-refractivity contribution in [1.82, 2.24) is 0 Å². The summed E-state index contributed by atoms with van der Waals surface area (Å²) in [5, 5.41) is 0. The predicted octanol–water partition coefficient (Wildman–Crippen LogP) is 2.65. The normalized spacial score (nSPS) is 16.8. The molecule has 0 aliphatic carbocycles. The molecule has 0 heterocycles. The summed E-state index contributed by atoms with van der Waals surface area (Å²) in [6.45, 7) is 4.82. The van der Waals surface area contributed by atoms with E-state index in [-0.39, 0.29) is 6.04 Å². The van der Waals surface area contributed by atoms with Gasteiger partial charge in [0, 0.05) is 0 Å². The van der Waals surface area contributed by atoms with Crippen LogP contribution in [0.2, 0.25) is 4.94 Å². The van der Waals surface area contributed by atoms with Crippen LogP contribution in [0, 0.1) is 0 Å². The summed E-state index contributed by atoms with van der Waals surface area (Å²) in [5.41, 5.74) is 7.09. The third-order valence-corrected chi connectivity index (χ3v) is 10.8. The van der Waals surface area contributed by atoms with E-state index in [1.807, 2.05) is 25.1 Å². The molecule has 1 aromatic rings. The van der Waals surface area contributed by atoms with Crippen LogP contribution >= 0.6 is 8.92 Å². The van der Waals surface area contributed by atoms with Gasteiger partial charge in [0.2, 0.25) is 0 Å². The monoisotopic (exact) mass is 349 g/mol. The van der Waals surface area contributed by atoms with Gasteiger partial charge in [-0.25, -0.2) is 0 Å². The van der Waals surface area contributed by atoms with E-state index < -0.39 is 17.7 Å². The molecule has 2 unspecified atom stereocenters. The van der Waals surface area contributed by atoms with Gasteiger partial charge in [0.15, 0.2) is 0 Å². The SMILES string of the molecule is CCC[O][Sn]([CH3])([Cl])[c]1ccccc1C(C)N. The molecule has 16 heavy (non-hydrogen) atoms. The van der Waals surface area contributed by atoms with Gasteiger partial charge in [-0.2, -0.15) is 0 Å². The van der Waals surface area contributed by atoms with E-state index in [0.29, 0.717) is 0 Å². The fourth-order valence-corrected chi connectivity index (χ4v) is 8.95. The Kier molecular flexibility index (Phi) is 5.57. The molecule has 1 aromatic carbocycles. The topological polar surface area (TPSA) is 35.2 Å². The molecule has 1 rings (SSSR count). The van der Waals surface area contributed by atoms with Crippen molar-refractivity contribution < 1.29 is 3.07 Å². The number of hydrogen-bond donors (Lipinski definition) is 1. The Balaban J connectivity index is 3.01. The van der Waals surface area contributed by atoms with Crippen molar-refractivity contribution in [3.8, 4) is 0 Å². The summed E-state index contributed by atoms with van der Waals surface area (Å²) in [6.07, 6.45) is 1.000. The zero-order valence-corrected chi connectivity index (χ0v) is 13.8. The summed E-state index contributed by atoms with van der Waals surface area (Å²) in [4.78, 5) is 2.08. The molecule has 0 aliphatic heterocycles. The van der Waals surface area contributed by atoms with Gasteiger partial charge in [-0.05, 0) is 0 Å². The van der Waals surface area contributed by atoms with Gasteiger partial charge in [-0.3, -0.25) is 0 Å². The predicted molar refractivity (Wildman–Crippen MR) is 72.4 cm³/mol. The average molecular weight is 348 g/mol. The first kappa shape index (κ1) is 14.3. The number of nitrogens with two attached hydrogens (primary N) is 1. The Bertz CT molecular complexity index is 342. The zero-order valence-electron chi connectivity index (χ0n) is 10.2. The fourth-order valence-electron chi connectivity index (χ4n) is 1.67. The van der Waals surface area contributed by atoms with Gasteiger partial charge in [0.25, 0.3) is 0 Å². The quantitative estimate of drug-likeness (QED) is 0.831. The second-order valence-corrected chi connectivity index (χ2v) is 16.6. The number of rotatable bonds is 5. The van der Waals surface area contributed by atoms with Crippen molar-refractivity contribution in [3.63, 3.8) is 0 Å². The van der Waals surface area contributed by atoms with E-state index in [4.69, 9.17) is 17.7 Å². The standard InChI is InChI=1S/C8H10N.C3H7O.CH3.ClH.Sn/c1-7(9)8-5-3-2-4-6-8;1-2-3-4;;;/h2-5,7H,9H2,1H3;2-3H2,1H3;1H3;1H;/q;-1;;;+2/p-1. The Morgan fingerprint density at radius 3 is 2.62 bits per heavy atom. The number of benzene rings is 1. The maximum absolute atomic E-state index is 6.62. The molecule has 0 radical (unpaired) electrons. The average Bonchev–Trinajstić information content (AvgIpc) is 2.26. The molecule has 0 aliphatic rings. The zero-order chi connectivity index (χ0) is 12.2. The van der Waals surface area contributed by atoms with Gasteiger partial charge < -0.3 is 0 Å². The Morgan fingerprint density at radius 1 is 1.44 bits per heavy atom. The van der Waals surface area contributed by atoms with E-state index in [1.54, 1.807) is 0 Å². The van der Waals surface area contributed by atoms with Crippen LogP contribution in [-0.2, 0) is 3.07 Å². The summed E-state index contributed by atoms with van der Waals surface area (Å²) in [7, 11) is 6.62. The summed E-state index contributed by atoms with van der Waals surface area (Å²) < 4.78 is 7.04. The molecule has 2 atom stereocenters. The van der Waals surface area contributed by atoms with Crippen molar-refractivity contribution in [2.45, 2.75) is 31.2 Å². The molecular formula is C12H20ClNOSn. The first-order chi connectivity index (χ1) is 7.49. The molecule has 2 nitrogen and oxygen atoms in total. The van der Waals surface area contributed by atoms with Crippen LogP contribution < -0.4 is 9.31 Å². The molecule has 0 fully saturated rings. The summed E-state index contributed by atoms with van der Waals surface area (Å²) in [6, 6.07) is 8.13. The molecule has 90 valence electrons. The molecule has 4 heteroatoms. The van der Waals surface area contributed by atoms with Crippen LogP contribution in [0.3, 0.4) is 0 Å². The second kappa shape index (κ2) is 6.24. The van der Waals surface area contributed by atoms with Gasteiger partial charge >= 0.3 is 107 Å². The Labute approximate surface area is 106 Å². The fraction of sp³-hybridized carbons (Fsp3) is 0.500. The van der Waals surface area contributed by atoms with Gasteiger partial charge in [0.1, 0.15) is 0 Å². The molecule has 0 saturated carbocycles. The van der Waals surface area contributed by atoms with Crippen LogP contribution in [0.4, 0.5) is 0 Å². The van der Waals surface area contributed by atoms with Crippen molar-refractivity contribution in [2.24, 2.45) is 5.73 Å². The third kappa shape index (κ3) is 3.62. The first-order valence-electron chi connectivity index (χ1n) is 5.67. The Hall–Kier alpha value is 0.229. The Morgan fingerprint density at radius 2 is 2.06 bits per heavy atom. The molecule has 0 amide bonds. The molecule has 0 spiro atoms. The van der Waals surface area contributed by atoms with Crippen molar-refractivity contribution in [3.05, 3.63) is 29.8 Å². The van der Waals surface area contributed by atoms with Gasteiger partial charge in [-0.1, -0.05) is 0 Å². The minimum absolute atomic E-state index is 0.0104. The summed E-state index contributed by atoms with van der Waals surface area (Å²) >= 11 is -3.10. The number of halogens is 1. The van der Waals surface area contributed by atoms with Crippen LogP contribution in [0.1, 0.15) is 31.9 Å². The maximum atomic E-state index is 6.62. The van der Waals surface area contributed by atoms with E-state index in [9.17, 15) is 0 Å². The van der Waals surface area contributed by atoms with Gasteiger partial charge in [0.05, 0.1) is 0 Å². The van der Waals surface area contributed by atoms with E-state index in [2.05, 4.69) is 17.9 Å². The molecule has 0 saturated heterocycles. The van der Waals surface area contributed by atoms with Crippen molar-refractivity contribution in [2.75, 3.05) is 6.61 Å². The van der Waals surface area contributed by atoms with Crippen molar-refractivity contribution in [1.29, 1.82) is 0 Å². The molecule has 2 N–H and O–H groups in total. The van der Waals surface area contributed by atoms with Crippen LogP contribution in [0.5, 0.6) is 0 Å². The molecule has 0 bridgehead atoms. The molecular weight excluding hydrogens is 328 g/mol. The van der Waals surface area contributed by atoms with Crippen LogP contribution in [0.25, 0.3) is 0 Å². The molecule has 0 aromatic heterocycles. The minimum atomic E-state index is -3.10. The van der Waals surface area contributed by atoms with E-state index in [1.165, 1.54) is 3.58 Å². The van der Waals surface area contributed by atoms with E-state index in [0.717, 1.165) is 18.6 Å². The van der Waals surface area contributed by atoms with Crippen molar-refractivity contribution >= 4 is 30.2 Å². The second-order valence-electron chi connectivity index (χ2n) is 4.14. The van der Waals surface area contributed by atoms with Crippen LogP contribution in [0.15, 0.2) is 24.3 Å². The third-order valence-electron chi connectivity index (χ3n) is 2.51. The van der Waals surface area contributed by atoms with Gasteiger partial charge in [-0.15, -0.1) is 0 Å². The number of hydrogen-bond acceptors (Lipinski definition) is 2. The van der Waals surface area contributed by atoms with E-state index >= 15 is 0 Å².